The molecular formula is C14H15F2N3O6. The minimum atomic E-state index is -3.04. The Hall–Kier alpha value is -3.24. The van der Waals surface area contributed by atoms with Gasteiger partial charge >= 0.3 is 18.6 Å². The lowest BCUT2D eigenvalue weighted by molar-refractivity contribution is -0.153. The van der Waals surface area contributed by atoms with Crippen LogP contribution in [0.25, 0.3) is 0 Å². The molecule has 1 rings (SSSR count). The number of carbonyl (C=O) groups is 4. The van der Waals surface area contributed by atoms with Crippen LogP contribution in [0.1, 0.15) is 17.3 Å². The van der Waals surface area contributed by atoms with Crippen LogP contribution in [0.15, 0.2) is 24.3 Å². The highest BCUT2D eigenvalue weighted by molar-refractivity contribution is 5.98. The van der Waals surface area contributed by atoms with E-state index in [1.165, 1.54) is 25.1 Å². The number of alkyl halides is 2. The Morgan fingerprint density at radius 2 is 1.92 bits per heavy atom. The highest BCUT2D eigenvalue weighted by Gasteiger charge is 2.19. The summed E-state index contributed by atoms with van der Waals surface area (Å²) in [6.07, 6.45) is -1.31. The van der Waals surface area contributed by atoms with Gasteiger partial charge in [0.05, 0.1) is 0 Å². The number of urea groups is 1. The number of esters is 1. The lowest BCUT2D eigenvalue weighted by Gasteiger charge is -2.12. The maximum Gasteiger partial charge on any atom is 0.387 e. The van der Waals surface area contributed by atoms with Gasteiger partial charge in [0.2, 0.25) is 0 Å². The SMILES string of the molecule is C[C@H](OC(=O)CNC(=O)c1cccc(OC(F)F)c1)C(=O)NC(N)=O. The van der Waals surface area contributed by atoms with E-state index in [0.717, 1.165) is 6.07 Å². The second-order valence-electron chi connectivity index (χ2n) is 4.57. The third-order valence-corrected chi connectivity index (χ3v) is 2.64. The molecule has 0 saturated carbocycles. The van der Waals surface area contributed by atoms with Crippen molar-refractivity contribution in [1.82, 2.24) is 10.6 Å². The standard InChI is InChI=1S/C14H15F2N3O6/c1-7(11(21)19-14(17)23)24-10(20)6-18-12(22)8-3-2-4-9(5-8)25-13(15)16/h2-5,7,13H,6H2,1H3,(H,18,22)(H3,17,19,21,23)/t7-/m0/s1. The minimum absolute atomic E-state index is 0.0227. The summed E-state index contributed by atoms with van der Waals surface area (Å²) in [5, 5.41) is 3.91. The molecule has 4 amide bonds. The highest BCUT2D eigenvalue weighted by atomic mass is 19.3. The summed E-state index contributed by atoms with van der Waals surface area (Å²) in [7, 11) is 0. The van der Waals surface area contributed by atoms with Crippen LogP contribution in [0.5, 0.6) is 5.75 Å². The van der Waals surface area contributed by atoms with Crippen molar-refractivity contribution >= 4 is 23.8 Å². The molecule has 4 N–H and O–H groups in total. The minimum Gasteiger partial charge on any atom is -0.451 e. The number of ether oxygens (including phenoxy) is 2. The molecule has 0 aliphatic rings. The van der Waals surface area contributed by atoms with Crippen molar-refractivity contribution in [1.29, 1.82) is 0 Å². The maximum atomic E-state index is 12.1. The average molecular weight is 359 g/mol. The summed E-state index contributed by atoms with van der Waals surface area (Å²) in [4.78, 5) is 45.2. The normalized spacial score (nSPS) is 11.4. The number of benzene rings is 1. The van der Waals surface area contributed by atoms with E-state index in [1.54, 1.807) is 5.32 Å². The van der Waals surface area contributed by atoms with E-state index in [1.807, 2.05) is 0 Å². The molecule has 0 saturated heterocycles. The zero-order valence-electron chi connectivity index (χ0n) is 13.0. The van der Waals surface area contributed by atoms with E-state index in [0.29, 0.717) is 0 Å². The number of hydrogen-bond acceptors (Lipinski definition) is 6. The molecule has 0 unspecified atom stereocenters. The smallest absolute Gasteiger partial charge is 0.387 e. The molecule has 0 fully saturated rings. The first-order valence-electron chi connectivity index (χ1n) is 6.82. The fourth-order valence-corrected chi connectivity index (χ4v) is 1.58. The van der Waals surface area contributed by atoms with Gasteiger partial charge in [-0.25, -0.2) is 4.79 Å². The van der Waals surface area contributed by atoms with Crippen LogP contribution in [0.4, 0.5) is 13.6 Å². The average Bonchev–Trinajstić information content (AvgIpc) is 2.51. The molecular weight excluding hydrogens is 344 g/mol. The third kappa shape index (κ3) is 7.24. The van der Waals surface area contributed by atoms with Crippen LogP contribution in [-0.4, -0.2) is 43.1 Å². The van der Waals surface area contributed by atoms with Crippen LogP contribution in [0.3, 0.4) is 0 Å². The molecule has 1 aromatic rings. The number of halogens is 2. The van der Waals surface area contributed by atoms with Gasteiger partial charge in [-0.3, -0.25) is 19.7 Å². The summed E-state index contributed by atoms with van der Waals surface area (Å²) in [5.41, 5.74) is 4.72. The number of nitrogens with one attached hydrogen (secondary N) is 2. The Labute approximate surface area is 140 Å². The van der Waals surface area contributed by atoms with Gasteiger partial charge in [0.25, 0.3) is 11.8 Å². The zero-order valence-corrected chi connectivity index (χ0v) is 13.0. The summed E-state index contributed by atoms with van der Waals surface area (Å²) in [6, 6.07) is 3.84. The van der Waals surface area contributed by atoms with Crippen molar-refractivity contribution in [2.24, 2.45) is 5.73 Å². The van der Waals surface area contributed by atoms with Gasteiger partial charge in [-0.05, 0) is 25.1 Å². The Balaban J connectivity index is 2.51. The molecule has 0 aromatic heterocycles. The number of imide groups is 1. The van der Waals surface area contributed by atoms with E-state index in [2.05, 4.69) is 14.8 Å². The molecule has 0 spiro atoms. The number of amides is 4. The number of hydrogen-bond donors (Lipinski definition) is 3. The van der Waals surface area contributed by atoms with Crippen molar-refractivity contribution in [3.05, 3.63) is 29.8 Å². The van der Waals surface area contributed by atoms with Crippen LogP contribution >= 0.6 is 0 Å². The molecule has 9 nitrogen and oxygen atoms in total. The second kappa shape index (κ2) is 9.15. The molecule has 0 heterocycles. The fourth-order valence-electron chi connectivity index (χ4n) is 1.58. The number of primary amides is 1. The zero-order chi connectivity index (χ0) is 19.0. The largest absolute Gasteiger partial charge is 0.451 e. The van der Waals surface area contributed by atoms with Crippen LogP contribution in [-0.2, 0) is 14.3 Å². The molecule has 136 valence electrons. The van der Waals surface area contributed by atoms with Crippen LogP contribution in [0.2, 0.25) is 0 Å². The van der Waals surface area contributed by atoms with Crippen LogP contribution in [0, 0.1) is 0 Å². The highest BCUT2D eigenvalue weighted by Crippen LogP contribution is 2.15. The van der Waals surface area contributed by atoms with Gasteiger partial charge in [-0.2, -0.15) is 8.78 Å². The van der Waals surface area contributed by atoms with E-state index < -0.39 is 43.1 Å². The Bertz CT molecular complexity index is 668. The quantitative estimate of drug-likeness (QED) is 0.593. The molecule has 11 heteroatoms. The summed E-state index contributed by atoms with van der Waals surface area (Å²) in [6.45, 7) is -2.43. The van der Waals surface area contributed by atoms with E-state index >= 15 is 0 Å². The van der Waals surface area contributed by atoms with Crippen molar-refractivity contribution in [3.63, 3.8) is 0 Å². The number of rotatable bonds is 7. The Kier molecular flexibility index (Phi) is 7.25. The van der Waals surface area contributed by atoms with Gasteiger partial charge in [-0.15, -0.1) is 0 Å². The number of carbonyl (C=O) groups excluding carboxylic acids is 4. The third-order valence-electron chi connectivity index (χ3n) is 2.64. The maximum absolute atomic E-state index is 12.1. The molecule has 1 atom stereocenters. The van der Waals surface area contributed by atoms with Crippen molar-refractivity contribution in [2.45, 2.75) is 19.6 Å². The van der Waals surface area contributed by atoms with Gasteiger partial charge in [0, 0.05) is 5.56 Å². The number of nitrogens with two attached hydrogens (primary N) is 1. The first-order valence-corrected chi connectivity index (χ1v) is 6.82. The van der Waals surface area contributed by atoms with Crippen LogP contribution < -0.4 is 21.1 Å². The topological polar surface area (TPSA) is 137 Å². The molecule has 0 bridgehead atoms. The molecule has 0 radical (unpaired) electrons. The summed E-state index contributed by atoms with van der Waals surface area (Å²) >= 11 is 0. The fraction of sp³-hybridized carbons (Fsp3) is 0.286. The molecule has 1 aromatic carbocycles. The summed E-state index contributed by atoms with van der Waals surface area (Å²) in [5.74, 6) is -2.85. The van der Waals surface area contributed by atoms with Crippen molar-refractivity contribution in [3.8, 4) is 5.75 Å². The van der Waals surface area contributed by atoms with Crippen molar-refractivity contribution < 1.29 is 37.4 Å². The predicted octanol–water partition coefficient (Wildman–Crippen LogP) is 0.144. The monoisotopic (exact) mass is 359 g/mol. The lowest BCUT2D eigenvalue weighted by Crippen LogP contribution is -2.43. The van der Waals surface area contributed by atoms with Gasteiger partial charge < -0.3 is 20.5 Å². The van der Waals surface area contributed by atoms with E-state index in [4.69, 9.17) is 5.73 Å². The molecule has 25 heavy (non-hydrogen) atoms. The van der Waals surface area contributed by atoms with Gasteiger partial charge in [-0.1, -0.05) is 6.07 Å². The molecule has 0 aliphatic carbocycles. The second-order valence-corrected chi connectivity index (χ2v) is 4.57. The van der Waals surface area contributed by atoms with Gasteiger partial charge in [0.1, 0.15) is 12.3 Å². The van der Waals surface area contributed by atoms with Gasteiger partial charge in [0.15, 0.2) is 6.10 Å². The Morgan fingerprint density at radius 3 is 2.52 bits per heavy atom. The molecule has 0 aliphatic heterocycles. The van der Waals surface area contributed by atoms with Crippen molar-refractivity contribution in [2.75, 3.05) is 6.54 Å². The lowest BCUT2D eigenvalue weighted by atomic mass is 10.2. The van der Waals surface area contributed by atoms with E-state index in [9.17, 15) is 28.0 Å². The summed E-state index contributed by atoms with van der Waals surface area (Å²) < 4.78 is 33.1. The Morgan fingerprint density at radius 1 is 1.24 bits per heavy atom. The van der Waals surface area contributed by atoms with E-state index in [-0.39, 0.29) is 11.3 Å². The first kappa shape index (κ1) is 19.8. The predicted molar refractivity (Wildman–Crippen MR) is 78.7 cm³/mol. The first-order chi connectivity index (χ1) is 11.7.